The molecule has 1 fully saturated rings. The lowest BCUT2D eigenvalue weighted by molar-refractivity contribution is 0.0903. The number of carbonyl (C=O) groups is 1. The first kappa shape index (κ1) is 15.2. The maximum absolute atomic E-state index is 12.0. The highest BCUT2D eigenvalue weighted by atomic mass is 32.1. The van der Waals surface area contributed by atoms with Crippen LogP contribution >= 0.6 is 11.3 Å². The van der Waals surface area contributed by atoms with E-state index in [0.29, 0.717) is 18.3 Å². The van der Waals surface area contributed by atoms with E-state index in [1.54, 1.807) is 10.9 Å². The van der Waals surface area contributed by atoms with Gasteiger partial charge in [0.05, 0.1) is 5.51 Å². The summed E-state index contributed by atoms with van der Waals surface area (Å²) in [6, 6.07) is 11.0. The van der Waals surface area contributed by atoms with Crippen LogP contribution in [0.25, 0.3) is 0 Å². The number of hydrogen-bond donors (Lipinski definition) is 1. The average Bonchev–Trinajstić information content (AvgIpc) is 3.09. The minimum absolute atomic E-state index is 0.0634. The summed E-state index contributed by atoms with van der Waals surface area (Å²) in [5, 5.41) is 4.82. The zero-order valence-electron chi connectivity index (χ0n) is 12.6. The van der Waals surface area contributed by atoms with Crippen LogP contribution in [-0.2, 0) is 6.54 Å². The van der Waals surface area contributed by atoms with E-state index < -0.39 is 0 Å². The third kappa shape index (κ3) is 3.93. The fourth-order valence-corrected chi connectivity index (χ4v) is 3.48. The van der Waals surface area contributed by atoms with E-state index in [-0.39, 0.29) is 5.91 Å². The van der Waals surface area contributed by atoms with Gasteiger partial charge in [-0.05, 0) is 24.9 Å². The van der Waals surface area contributed by atoms with Gasteiger partial charge in [0, 0.05) is 24.5 Å². The summed E-state index contributed by atoms with van der Waals surface area (Å²) in [4.78, 5) is 18.6. The smallest absolute Gasteiger partial charge is 0.270 e. The Morgan fingerprint density at radius 1 is 1.32 bits per heavy atom. The molecule has 3 rings (SSSR count). The van der Waals surface area contributed by atoms with Crippen LogP contribution in [0.1, 0.15) is 35.3 Å². The number of thiazole rings is 1. The van der Waals surface area contributed by atoms with Crippen LogP contribution in [0.4, 0.5) is 0 Å². The molecule has 1 aliphatic rings. The van der Waals surface area contributed by atoms with E-state index in [1.807, 2.05) is 6.07 Å². The van der Waals surface area contributed by atoms with Crippen LogP contribution in [0.3, 0.4) is 0 Å². The lowest BCUT2D eigenvalue weighted by Crippen LogP contribution is -2.46. The summed E-state index contributed by atoms with van der Waals surface area (Å²) in [6.45, 7) is 2.76. The molecule has 0 spiro atoms. The summed E-state index contributed by atoms with van der Waals surface area (Å²) >= 11 is 1.45. The Bertz CT molecular complexity index is 585. The van der Waals surface area contributed by atoms with Gasteiger partial charge in [0.1, 0.15) is 5.69 Å². The number of hydrogen-bond acceptors (Lipinski definition) is 4. The molecular weight excluding hydrogens is 294 g/mol. The Labute approximate surface area is 135 Å². The molecule has 0 radical (unpaired) electrons. The molecule has 1 N–H and O–H groups in total. The van der Waals surface area contributed by atoms with Crippen molar-refractivity contribution in [3.8, 4) is 0 Å². The number of rotatable bonds is 5. The first-order valence-corrected chi connectivity index (χ1v) is 8.71. The maximum Gasteiger partial charge on any atom is 0.270 e. The Morgan fingerprint density at radius 3 is 2.95 bits per heavy atom. The number of likely N-dealkylation sites (tertiary alicyclic amines) is 1. The van der Waals surface area contributed by atoms with Crippen molar-refractivity contribution in [1.82, 2.24) is 15.2 Å². The van der Waals surface area contributed by atoms with Crippen LogP contribution in [0, 0.1) is 0 Å². The van der Waals surface area contributed by atoms with E-state index in [0.717, 1.165) is 19.5 Å². The van der Waals surface area contributed by atoms with E-state index in [4.69, 9.17) is 0 Å². The van der Waals surface area contributed by atoms with Gasteiger partial charge in [-0.2, -0.15) is 0 Å². The summed E-state index contributed by atoms with van der Waals surface area (Å²) in [6.07, 6.45) is 3.62. The molecule has 0 aliphatic carbocycles. The molecule has 5 heteroatoms. The fourth-order valence-electron chi connectivity index (χ4n) is 2.94. The standard InChI is InChI=1S/C17H21N3OS/c21-17(16-12-22-13-19-16)18-10-15-8-4-5-9-20(15)11-14-6-2-1-3-7-14/h1-3,6-7,12-13,15H,4-5,8-11H2,(H,18,21). The summed E-state index contributed by atoms with van der Waals surface area (Å²) in [5.74, 6) is -0.0634. The first-order chi connectivity index (χ1) is 10.8. The number of carbonyl (C=O) groups excluding carboxylic acids is 1. The number of nitrogens with zero attached hydrogens (tertiary/aromatic N) is 2. The SMILES string of the molecule is O=C(NCC1CCCCN1Cc1ccccc1)c1cscn1. The van der Waals surface area contributed by atoms with Gasteiger partial charge in [-0.25, -0.2) is 4.98 Å². The molecule has 1 amide bonds. The fraction of sp³-hybridized carbons (Fsp3) is 0.412. The number of amides is 1. The molecule has 22 heavy (non-hydrogen) atoms. The molecule has 0 bridgehead atoms. The van der Waals surface area contributed by atoms with Gasteiger partial charge in [-0.3, -0.25) is 9.69 Å². The van der Waals surface area contributed by atoms with Crippen LogP contribution in [0.15, 0.2) is 41.2 Å². The Kier molecular flexibility index (Phi) is 5.19. The van der Waals surface area contributed by atoms with Crippen molar-refractivity contribution in [2.24, 2.45) is 0 Å². The first-order valence-electron chi connectivity index (χ1n) is 7.77. The van der Waals surface area contributed by atoms with Crippen LogP contribution < -0.4 is 5.32 Å². The summed E-state index contributed by atoms with van der Waals surface area (Å²) < 4.78 is 0. The van der Waals surface area contributed by atoms with Crippen molar-refractivity contribution in [2.45, 2.75) is 31.8 Å². The molecule has 2 heterocycles. The zero-order valence-corrected chi connectivity index (χ0v) is 13.4. The number of aromatic nitrogens is 1. The molecule has 1 atom stereocenters. The second-order valence-corrected chi connectivity index (χ2v) is 6.41. The third-order valence-electron chi connectivity index (χ3n) is 4.14. The van der Waals surface area contributed by atoms with E-state index >= 15 is 0 Å². The minimum Gasteiger partial charge on any atom is -0.349 e. The van der Waals surface area contributed by atoms with E-state index in [1.165, 1.54) is 29.7 Å². The molecule has 2 aromatic rings. The topological polar surface area (TPSA) is 45.2 Å². The third-order valence-corrected chi connectivity index (χ3v) is 4.73. The molecule has 1 aromatic heterocycles. The van der Waals surface area contributed by atoms with Gasteiger partial charge in [0.2, 0.25) is 0 Å². The molecule has 0 saturated carbocycles. The van der Waals surface area contributed by atoms with Crippen molar-refractivity contribution in [2.75, 3.05) is 13.1 Å². The largest absolute Gasteiger partial charge is 0.349 e. The molecule has 1 aromatic carbocycles. The Hall–Kier alpha value is -1.72. The normalized spacial score (nSPS) is 19.0. The molecule has 1 unspecified atom stereocenters. The van der Waals surface area contributed by atoms with Crippen LogP contribution in [0.5, 0.6) is 0 Å². The van der Waals surface area contributed by atoms with E-state index in [2.05, 4.69) is 39.5 Å². The van der Waals surface area contributed by atoms with Gasteiger partial charge >= 0.3 is 0 Å². The van der Waals surface area contributed by atoms with Crippen molar-refractivity contribution >= 4 is 17.2 Å². The van der Waals surface area contributed by atoms with Gasteiger partial charge in [-0.15, -0.1) is 11.3 Å². The highest BCUT2D eigenvalue weighted by Crippen LogP contribution is 2.19. The van der Waals surface area contributed by atoms with Gasteiger partial charge in [0.15, 0.2) is 0 Å². The summed E-state index contributed by atoms with van der Waals surface area (Å²) in [7, 11) is 0. The monoisotopic (exact) mass is 315 g/mol. The lowest BCUT2D eigenvalue weighted by atomic mass is 10.0. The van der Waals surface area contributed by atoms with Gasteiger partial charge in [0.25, 0.3) is 5.91 Å². The molecule has 4 nitrogen and oxygen atoms in total. The van der Waals surface area contributed by atoms with Gasteiger partial charge < -0.3 is 5.32 Å². The van der Waals surface area contributed by atoms with Gasteiger partial charge in [-0.1, -0.05) is 36.8 Å². The van der Waals surface area contributed by atoms with E-state index in [9.17, 15) is 4.79 Å². The second-order valence-electron chi connectivity index (χ2n) is 5.69. The number of piperidine rings is 1. The quantitative estimate of drug-likeness (QED) is 0.923. The average molecular weight is 315 g/mol. The van der Waals surface area contributed by atoms with Crippen molar-refractivity contribution in [3.63, 3.8) is 0 Å². The molecule has 1 aliphatic heterocycles. The predicted octanol–water partition coefficient (Wildman–Crippen LogP) is 2.93. The van der Waals surface area contributed by atoms with Crippen LogP contribution in [0.2, 0.25) is 0 Å². The lowest BCUT2D eigenvalue weighted by Gasteiger charge is -2.35. The Morgan fingerprint density at radius 2 is 2.18 bits per heavy atom. The van der Waals surface area contributed by atoms with Crippen molar-refractivity contribution < 1.29 is 4.79 Å². The Balaban J connectivity index is 1.57. The molecule has 116 valence electrons. The minimum atomic E-state index is -0.0634. The molecule has 1 saturated heterocycles. The number of benzene rings is 1. The maximum atomic E-state index is 12.0. The highest BCUT2D eigenvalue weighted by Gasteiger charge is 2.23. The van der Waals surface area contributed by atoms with Crippen molar-refractivity contribution in [3.05, 3.63) is 52.5 Å². The summed E-state index contributed by atoms with van der Waals surface area (Å²) in [5.41, 5.74) is 3.55. The van der Waals surface area contributed by atoms with Crippen LogP contribution in [-0.4, -0.2) is 34.9 Å². The highest BCUT2D eigenvalue weighted by molar-refractivity contribution is 7.07. The zero-order chi connectivity index (χ0) is 15.2. The van der Waals surface area contributed by atoms with Crippen molar-refractivity contribution in [1.29, 1.82) is 0 Å². The second kappa shape index (κ2) is 7.51. The predicted molar refractivity (Wildman–Crippen MR) is 88.9 cm³/mol. The molecular formula is C17H21N3OS. The number of nitrogens with one attached hydrogen (secondary N) is 1.